The smallest absolute Gasteiger partial charge is 0.303 e. The number of halogens is 2. The van der Waals surface area contributed by atoms with Gasteiger partial charge in [0.2, 0.25) is 0 Å². The van der Waals surface area contributed by atoms with E-state index in [0.29, 0.717) is 32.6 Å². The van der Waals surface area contributed by atoms with E-state index >= 15 is 0 Å². The van der Waals surface area contributed by atoms with E-state index in [9.17, 15) is 18.4 Å². The molecule has 1 saturated heterocycles. The molecule has 1 fully saturated rings. The maximum atomic E-state index is 13.7. The monoisotopic (exact) mass is 326 g/mol. The fraction of sp³-hybridized carbons (Fsp3) is 0.500. The summed E-state index contributed by atoms with van der Waals surface area (Å²) in [5, 5.41) is 8.58. The van der Waals surface area contributed by atoms with Gasteiger partial charge in [-0.2, -0.15) is 0 Å². The van der Waals surface area contributed by atoms with Crippen LogP contribution in [0.4, 0.5) is 8.78 Å². The molecule has 0 saturated carbocycles. The summed E-state index contributed by atoms with van der Waals surface area (Å²) in [7, 11) is 0. The summed E-state index contributed by atoms with van der Waals surface area (Å²) in [6, 6.07) is 3.39. The maximum absolute atomic E-state index is 13.7. The Morgan fingerprint density at radius 1 is 1.04 bits per heavy atom. The highest BCUT2D eigenvalue weighted by Crippen LogP contribution is 2.16. The van der Waals surface area contributed by atoms with Crippen molar-refractivity contribution in [2.45, 2.75) is 19.3 Å². The molecule has 1 aromatic carbocycles. The quantitative estimate of drug-likeness (QED) is 0.812. The lowest BCUT2D eigenvalue weighted by Gasteiger charge is -2.34. The number of nitrogens with zero attached hydrogens (tertiary/aromatic N) is 2. The van der Waals surface area contributed by atoms with E-state index in [4.69, 9.17) is 5.11 Å². The van der Waals surface area contributed by atoms with Crippen LogP contribution in [0.2, 0.25) is 0 Å². The minimum Gasteiger partial charge on any atom is -0.481 e. The first-order valence-electron chi connectivity index (χ1n) is 7.66. The minimum atomic E-state index is -0.842. The molecule has 1 heterocycles. The van der Waals surface area contributed by atoms with Gasteiger partial charge in [-0.15, -0.1) is 0 Å². The lowest BCUT2D eigenvalue weighted by atomic mass is 10.1. The molecule has 7 heteroatoms. The van der Waals surface area contributed by atoms with Crippen molar-refractivity contribution in [1.82, 2.24) is 9.80 Å². The number of carbonyl (C=O) groups is 2. The number of carboxylic acids is 1. The third-order valence-electron chi connectivity index (χ3n) is 3.95. The third-order valence-corrected chi connectivity index (χ3v) is 3.95. The van der Waals surface area contributed by atoms with E-state index in [2.05, 4.69) is 4.90 Å². The summed E-state index contributed by atoms with van der Waals surface area (Å²) in [5.41, 5.74) is -0.498. The summed E-state index contributed by atoms with van der Waals surface area (Å²) >= 11 is 0. The Labute approximate surface area is 133 Å². The zero-order chi connectivity index (χ0) is 16.8. The second-order valence-electron chi connectivity index (χ2n) is 5.58. The predicted octanol–water partition coefficient (Wildman–Crippen LogP) is 1.98. The van der Waals surface area contributed by atoms with Crippen LogP contribution in [0.15, 0.2) is 18.2 Å². The van der Waals surface area contributed by atoms with Crippen molar-refractivity contribution in [1.29, 1.82) is 0 Å². The molecule has 0 spiro atoms. The average molecular weight is 326 g/mol. The Bertz CT molecular complexity index is 552. The van der Waals surface area contributed by atoms with Crippen LogP contribution in [0, 0.1) is 11.6 Å². The first-order chi connectivity index (χ1) is 11.0. The number of rotatable bonds is 6. The molecule has 23 heavy (non-hydrogen) atoms. The molecule has 1 aliphatic rings. The second kappa shape index (κ2) is 8.01. The molecular formula is C16H20F2N2O3. The van der Waals surface area contributed by atoms with Crippen molar-refractivity contribution in [3.63, 3.8) is 0 Å². The van der Waals surface area contributed by atoms with Crippen molar-refractivity contribution in [2.75, 3.05) is 32.7 Å². The molecule has 0 atom stereocenters. The van der Waals surface area contributed by atoms with Crippen LogP contribution in [0.25, 0.3) is 0 Å². The Balaban J connectivity index is 1.82. The Hall–Kier alpha value is -2.02. The summed E-state index contributed by atoms with van der Waals surface area (Å²) < 4.78 is 27.3. The third kappa shape index (κ3) is 4.72. The zero-order valence-electron chi connectivity index (χ0n) is 12.8. The largest absolute Gasteiger partial charge is 0.481 e. The standard InChI is InChI=1S/C16H20F2N2O3/c17-12-4-3-5-13(18)15(12)16(23)20-10-8-19(9-11-20)7-2-1-6-14(21)22/h3-5H,1-2,6-11H2,(H,21,22). The topological polar surface area (TPSA) is 60.9 Å². The molecule has 0 bridgehead atoms. The van der Waals surface area contributed by atoms with E-state index < -0.39 is 29.1 Å². The summed E-state index contributed by atoms with van der Waals surface area (Å²) in [6.45, 7) is 2.82. The molecular weight excluding hydrogens is 306 g/mol. The number of amides is 1. The molecule has 1 amide bonds. The first-order valence-corrected chi connectivity index (χ1v) is 7.66. The normalized spacial score (nSPS) is 15.7. The van der Waals surface area contributed by atoms with Gasteiger partial charge in [-0.05, 0) is 31.5 Å². The van der Waals surface area contributed by atoms with Gasteiger partial charge in [0.1, 0.15) is 17.2 Å². The number of unbranched alkanes of at least 4 members (excludes halogenated alkanes) is 1. The number of benzene rings is 1. The fourth-order valence-corrected chi connectivity index (χ4v) is 2.65. The van der Waals surface area contributed by atoms with E-state index in [-0.39, 0.29) is 6.42 Å². The van der Waals surface area contributed by atoms with Gasteiger partial charge in [0.15, 0.2) is 0 Å². The highest BCUT2D eigenvalue weighted by Gasteiger charge is 2.26. The van der Waals surface area contributed by atoms with Gasteiger partial charge in [-0.1, -0.05) is 6.07 Å². The maximum Gasteiger partial charge on any atom is 0.303 e. The van der Waals surface area contributed by atoms with Gasteiger partial charge in [0, 0.05) is 32.6 Å². The van der Waals surface area contributed by atoms with Gasteiger partial charge in [-0.25, -0.2) is 8.78 Å². The van der Waals surface area contributed by atoms with Crippen LogP contribution >= 0.6 is 0 Å². The van der Waals surface area contributed by atoms with Crippen molar-refractivity contribution in [2.24, 2.45) is 0 Å². The molecule has 2 rings (SSSR count). The van der Waals surface area contributed by atoms with Gasteiger partial charge in [0.25, 0.3) is 5.91 Å². The van der Waals surface area contributed by atoms with Crippen LogP contribution in [0.1, 0.15) is 29.6 Å². The van der Waals surface area contributed by atoms with Crippen LogP contribution in [-0.2, 0) is 4.79 Å². The van der Waals surface area contributed by atoms with Gasteiger partial charge >= 0.3 is 5.97 Å². The number of carboxylic acid groups (broad SMARTS) is 1. The van der Waals surface area contributed by atoms with E-state index in [0.717, 1.165) is 25.1 Å². The van der Waals surface area contributed by atoms with E-state index in [1.807, 2.05) is 0 Å². The molecule has 1 N–H and O–H groups in total. The first kappa shape index (κ1) is 17.3. The molecule has 1 aromatic rings. The Morgan fingerprint density at radius 2 is 1.65 bits per heavy atom. The van der Waals surface area contributed by atoms with Gasteiger partial charge in [0.05, 0.1) is 0 Å². The Morgan fingerprint density at radius 3 is 2.22 bits per heavy atom. The van der Waals surface area contributed by atoms with Crippen LogP contribution in [0.3, 0.4) is 0 Å². The summed E-state index contributed by atoms with van der Waals surface area (Å²) in [5.74, 6) is -3.10. The second-order valence-corrected chi connectivity index (χ2v) is 5.58. The number of aliphatic carboxylic acids is 1. The molecule has 0 unspecified atom stereocenters. The lowest BCUT2D eigenvalue weighted by molar-refractivity contribution is -0.137. The molecule has 1 aliphatic heterocycles. The average Bonchev–Trinajstić information content (AvgIpc) is 2.51. The summed E-state index contributed by atoms with van der Waals surface area (Å²) in [4.78, 5) is 26.3. The number of hydrogen-bond donors (Lipinski definition) is 1. The number of carbonyl (C=O) groups excluding carboxylic acids is 1. The molecule has 126 valence electrons. The van der Waals surface area contributed by atoms with Crippen molar-refractivity contribution in [3.8, 4) is 0 Å². The SMILES string of the molecule is O=C(O)CCCCN1CCN(C(=O)c2c(F)cccc2F)CC1. The molecule has 0 aromatic heterocycles. The highest BCUT2D eigenvalue weighted by molar-refractivity contribution is 5.94. The highest BCUT2D eigenvalue weighted by atomic mass is 19.1. The van der Waals surface area contributed by atoms with Crippen LogP contribution < -0.4 is 0 Å². The zero-order valence-corrected chi connectivity index (χ0v) is 12.8. The molecule has 0 radical (unpaired) electrons. The number of hydrogen-bond acceptors (Lipinski definition) is 3. The van der Waals surface area contributed by atoms with Crippen molar-refractivity contribution >= 4 is 11.9 Å². The van der Waals surface area contributed by atoms with Crippen molar-refractivity contribution < 1.29 is 23.5 Å². The predicted molar refractivity (Wildman–Crippen MR) is 80.2 cm³/mol. The van der Waals surface area contributed by atoms with Crippen LogP contribution in [0.5, 0.6) is 0 Å². The minimum absolute atomic E-state index is 0.158. The lowest BCUT2D eigenvalue weighted by Crippen LogP contribution is -2.49. The molecule has 0 aliphatic carbocycles. The Kier molecular flexibility index (Phi) is 6.04. The van der Waals surface area contributed by atoms with Crippen molar-refractivity contribution in [3.05, 3.63) is 35.4 Å². The number of piperazine rings is 1. The van der Waals surface area contributed by atoms with Crippen LogP contribution in [-0.4, -0.2) is 59.5 Å². The summed E-state index contributed by atoms with van der Waals surface area (Å²) in [6.07, 6.45) is 1.56. The molecule has 5 nitrogen and oxygen atoms in total. The van der Waals surface area contributed by atoms with Gasteiger partial charge in [-0.3, -0.25) is 14.5 Å². The van der Waals surface area contributed by atoms with Gasteiger partial charge < -0.3 is 10.0 Å². The van der Waals surface area contributed by atoms with E-state index in [1.165, 1.54) is 11.0 Å². The fourth-order valence-electron chi connectivity index (χ4n) is 2.65. The van der Waals surface area contributed by atoms with E-state index in [1.54, 1.807) is 0 Å².